The van der Waals surface area contributed by atoms with Crippen LogP contribution in [0.5, 0.6) is 0 Å². The number of carbonyl (C=O) groups excluding carboxylic acids is 1. The summed E-state index contributed by atoms with van der Waals surface area (Å²) in [5.74, 6) is 0.432. The Kier molecular flexibility index (Phi) is 4.32. The predicted octanol–water partition coefficient (Wildman–Crippen LogP) is 3.10. The van der Waals surface area contributed by atoms with Crippen LogP contribution in [0.15, 0.2) is 24.3 Å². The summed E-state index contributed by atoms with van der Waals surface area (Å²) >= 11 is 6.09. The largest absolute Gasteiger partial charge is 0.350 e. The number of benzene rings is 1. The van der Waals surface area contributed by atoms with Crippen LogP contribution in [0, 0.1) is 0 Å². The molecule has 2 aromatic rings. The van der Waals surface area contributed by atoms with Crippen molar-refractivity contribution in [2.24, 2.45) is 0 Å². The molecule has 116 valence electrons. The minimum Gasteiger partial charge on any atom is -0.350 e. The van der Waals surface area contributed by atoms with Crippen LogP contribution in [0.25, 0.3) is 10.9 Å². The molecular weight excluding hydrogens is 298 g/mol. The number of rotatable bonds is 5. The Bertz CT molecular complexity index is 712. The molecule has 1 saturated carbocycles. The Hall–Kier alpha value is -1.65. The Morgan fingerprint density at radius 3 is 2.86 bits per heavy atom. The zero-order chi connectivity index (χ0) is 15.7. The first-order valence-electron chi connectivity index (χ1n) is 7.64. The van der Waals surface area contributed by atoms with Gasteiger partial charge in [0, 0.05) is 34.6 Å². The lowest BCUT2D eigenvalue weighted by molar-refractivity contribution is 0.0952. The number of carbonyl (C=O) groups is 1. The van der Waals surface area contributed by atoms with Gasteiger partial charge in [0.25, 0.3) is 5.91 Å². The maximum atomic E-state index is 12.6. The third kappa shape index (κ3) is 3.23. The average Bonchev–Trinajstić information content (AvgIpc) is 3.36. The van der Waals surface area contributed by atoms with E-state index in [0.717, 1.165) is 29.4 Å². The molecule has 0 spiro atoms. The van der Waals surface area contributed by atoms with Crippen molar-refractivity contribution < 1.29 is 4.79 Å². The smallest absolute Gasteiger partial charge is 0.252 e. The van der Waals surface area contributed by atoms with E-state index in [1.54, 1.807) is 0 Å². The molecule has 22 heavy (non-hydrogen) atoms. The van der Waals surface area contributed by atoms with Gasteiger partial charge in [0.15, 0.2) is 0 Å². The van der Waals surface area contributed by atoms with Crippen LogP contribution >= 0.6 is 11.6 Å². The summed E-state index contributed by atoms with van der Waals surface area (Å²) in [5, 5.41) is 7.51. The molecule has 1 aliphatic rings. The van der Waals surface area contributed by atoms with E-state index in [0.29, 0.717) is 23.0 Å². The average molecular weight is 318 g/mol. The molecule has 4 nitrogen and oxygen atoms in total. The molecule has 1 aromatic heterocycles. The number of hydrogen-bond donors (Lipinski definition) is 2. The lowest BCUT2D eigenvalue weighted by Crippen LogP contribution is -2.37. The van der Waals surface area contributed by atoms with E-state index >= 15 is 0 Å². The molecule has 0 radical (unpaired) electrons. The summed E-state index contributed by atoms with van der Waals surface area (Å²) in [4.78, 5) is 17.3. The minimum absolute atomic E-state index is 0.0707. The van der Waals surface area contributed by atoms with Crippen LogP contribution in [0.4, 0.5) is 0 Å². The molecule has 1 unspecified atom stereocenters. The normalized spacial score (nSPS) is 15.8. The van der Waals surface area contributed by atoms with Crippen LogP contribution < -0.4 is 10.6 Å². The molecule has 5 heteroatoms. The maximum absolute atomic E-state index is 12.6. The van der Waals surface area contributed by atoms with E-state index in [-0.39, 0.29) is 11.9 Å². The summed E-state index contributed by atoms with van der Waals surface area (Å²) in [6.45, 7) is 2.61. The highest BCUT2D eigenvalue weighted by Crippen LogP contribution is 2.40. The van der Waals surface area contributed by atoms with E-state index in [9.17, 15) is 4.79 Å². The van der Waals surface area contributed by atoms with E-state index in [1.807, 2.05) is 38.2 Å². The van der Waals surface area contributed by atoms with Gasteiger partial charge < -0.3 is 10.6 Å². The number of hydrogen-bond acceptors (Lipinski definition) is 3. The van der Waals surface area contributed by atoms with Crippen molar-refractivity contribution in [3.8, 4) is 0 Å². The van der Waals surface area contributed by atoms with Gasteiger partial charge in [-0.1, -0.05) is 11.6 Å². The van der Waals surface area contributed by atoms with Gasteiger partial charge in [0.05, 0.1) is 11.1 Å². The summed E-state index contributed by atoms with van der Waals surface area (Å²) in [7, 11) is 1.88. The summed E-state index contributed by atoms with van der Waals surface area (Å²) in [5.41, 5.74) is 2.51. The van der Waals surface area contributed by atoms with Gasteiger partial charge in [0.2, 0.25) is 0 Å². The molecule has 1 aliphatic carbocycles. The second kappa shape index (κ2) is 6.23. The minimum atomic E-state index is -0.0707. The van der Waals surface area contributed by atoms with Gasteiger partial charge in [-0.05, 0) is 51.1 Å². The Morgan fingerprint density at radius 2 is 2.18 bits per heavy atom. The fourth-order valence-corrected chi connectivity index (χ4v) is 2.61. The van der Waals surface area contributed by atoms with Crippen LogP contribution in [0.2, 0.25) is 5.02 Å². The first kappa shape index (κ1) is 15.3. The van der Waals surface area contributed by atoms with Crippen molar-refractivity contribution in [2.75, 3.05) is 13.6 Å². The van der Waals surface area contributed by atoms with Gasteiger partial charge in [-0.2, -0.15) is 0 Å². The molecule has 2 N–H and O–H groups in total. The molecule has 3 rings (SSSR count). The van der Waals surface area contributed by atoms with Gasteiger partial charge in [-0.25, -0.2) is 0 Å². The fourth-order valence-electron chi connectivity index (χ4n) is 2.44. The van der Waals surface area contributed by atoms with Gasteiger partial charge in [-0.3, -0.25) is 9.78 Å². The van der Waals surface area contributed by atoms with Gasteiger partial charge in [-0.15, -0.1) is 0 Å². The maximum Gasteiger partial charge on any atom is 0.252 e. The fraction of sp³-hybridized carbons (Fsp3) is 0.412. The zero-order valence-electron chi connectivity index (χ0n) is 12.8. The van der Waals surface area contributed by atoms with Crippen LogP contribution in [-0.2, 0) is 0 Å². The van der Waals surface area contributed by atoms with Crippen molar-refractivity contribution in [2.45, 2.75) is 31.7 Å². The molecule has 1 heterocycles. The van der Waals surface area contributed by atoms with Crippen LogP contribution in [0.3, 0.4) is 0 Å². The van der Waals surface area contributed by atoms with E-state index in [4.69, 9.17) is 11.6 Å². The van der Waals surface area contributed by atoms with Crippen molar-refractivity contribution in [1.82, 2.24) is 15.6 Å². The number of nitrogens with zero attached hydrogens (tertiary/aromatic N) is 1. The summed E-state index contributed by atoms with van der Waals surface area (Å²) in [6, 6.07) is 7.67. The number of likely N-dealkylation sites (N-methyl/N-ethyl adjacent to an activating group) is 1. The second-order valence-electron chi connectivity index (χ2n) is 5.93. The van der Waals surface area contributed by atoms with Gasteiger partial charge >= 0.3 is 0 Å². The number of halogens is 1. The van der Waals surface area contributed by atoms with Crippen molar-refractivity contribution in [1.29, 1.82) is 0 Å². The van der Waals surface area contributed by atoms with Crippen molar-refractivity contribution in [3.63, 3.8) is 0 Å². The third-order valence-electron chi connectivity index (χ3n) is 4.09. The lowest BCUT2D eigenvalue weighted by atomic mass is 10.1. The number of amides is 1. The SMILES string of the molecule is CNC(C)CNC(=O)c1cc(C2CC2)nc2ccc(Cl)cc12. The van der Waals surface area contributed by atoms with Crippen molar-refractivity contribution >= 4 is 28.4 Å². The van der Waals surface area contributed by atoms with Gasteiger partial charge in [0.1, 0.15) is 0 Å². The molecule has 1 atom stereocenters. The highest BCUT2D eigenvalue weighted by atomic mass is 35.5. The van der Waals surface area contributed by atoms with Crippen LogP contribution in [0.1, 0.15) is 41.7 Å². The first-order chi connectivity index (χ1) is 10.6. The molecular formula is C17H20ClN3O. The third-order valence-corrected chi connectivity index (χ3v) is 4.33. The predicted molar refractivity (Wildman–Crippen MR) is 89.6 cm³/mol. The number of aromatic nitrogens is 1. The Morgan fingerprint density at radius 1 is 1.41 bits per heavy atom. The van der Waals surface area contributed by atoms with Crippen molar-refractivity contribution in [3.05, 3.63) is 40.5 Å². The quantitative estimate of drug-likeness (QED) is 0.891. The molecule has 0 saturated heterocycles. The summed E-state index contributed by atoms with van der Waals surface area (Å²) in [6.07, 6.45) is 2.31. The van der Waals surface area contributed by atoms with E-state index in [1.165, 1.54) is 0 Å². The molecule has 1 aromatic carbocycles. The zero-order valence-corrected chi connectivity index (χ0v) is 13.6. The molecule has 0 aliphatic heterocycles. The molecule has 1 amide bonds. The Labute approximate surface area is 135 Å². The van der Waals surface area contributed by atoms with E-state index in [2.05, 4.69) is 15.6 Å². The lowest BCUT2D eigenvalue weighted by Gasteiger charge is -2.13. The number of nitrogens with one attached hydrogen (secondary N) is 2. The molecule has 1 fully saturated rings. The summed E-state index contributed by atoms with van der Waals surface area (Å²) < 4.78 is 0. The Balaban J connectivity index is 1.98. The monoisotopic (exact) mass is 317 g/mol. The number of pyridine rings is 1. The van der Waals surface area contributed by atoms with E-state index < -0.39 is 0 Å². The first-order valence-corrected chi connectivity index (χ1v) is 8.02. The number of fused-ring (bicyclic) bond motifs is 1. The molecule has 0 bridgehead atoms. The topological polar surface area (TPSA) is 54.0 Å². The highest BCUT2D eigenvalue weighted by molar-refractivity contribution is 6.31. The van der Waals surface area contributed by atoms with Crippen LogP contribution in [-0.4, -0.2) is 30.5 Å². The second-order valence-corrected chi connectivity index (χ2v) is 6.37. The standard InChI is InChI=1S/C17H20ClN3O/c1-10(19-2)9-20-17(22)14-8-16(11-3-4-11)21-15-6-5-12(18)7-13(14)15/h5-8,10-11,19H,3-4,9H2,1-2H3,(H,20,22). The highest BCUT2D eigenvalue weighted by Gasteiger charge is 2.27.